The number of aliphatic imine (C=N–C) groups is 2. The van der Waals surface area contributed by atoms with Crippen molar-refractivity contribution in [1.82, 2.24) is 0 Å². The van der Waals surface area contributed by atoms with Gasteiger partial charge in [-0.15, -0.1) is 0 Å². The number of rotatable bonds is 1. The summed E-state index contributed by atoms with van der Waals surface area (Å²) in [6.45, 7) is 0. The molecule has 0 aromatic carbocycles. The Morgan fingerprint density at radius 3 is 3.00 bits per heavy atom. The van der Waals surface area contributed by atoms with Crippen LogP contribution in [0.2, 0.25) is 0 Å². The summed E-state index contributed by atoms with van der Waals surface area (Å²) in [4.78, 5) is 18.1. The molecule has 0 unspecified atom stereocenters. The van der Waals surface area contributed by atoms with Gasteiger partial charge in [0, 0.05) is 18.6 Å². The molecule has 0 bridgehead atoms. The molecule has 4 nitrogen and oxygen atoms in total. The highest BCUT2D eigenvalue weighted by Gasteiger charge is 1.99. The lowest BCUT2D eigenvalue weighted by Crippen LogP contribution is -2.12. The number of allylic oxidation sites excluding steroid dienone is 2. The average Bonchev–Trinajstić information content (AvgIpc) is 1.84. The van der Waals surface area contributed by atoms with Crippen molar-refractivity contribution in [2.45, 2.75) is 0 Å². The second kappa shape index (κ2) is 3.46. The number of carbonyl (C=O) groups is 1. The van der Waals surface area contributed by atoms with Gasteiger partial charge < -0.3 is 5.73 Å². The predicted octanol–water partition coefficient (Wildman–Crippen LogP) is 0.0245. The minimum atomic E-state index is -0.553. The van der Waals surface area contributed by atoms with Gasteiger partial charge in [-0.05, 0) is 12.2 Å². The van der Waals surface area contributed by atoms with Crippen molar-refractivity contribution in [2.24, 2.45) is 15.7 Å². The number of hydrogen-bond acceptors (Lipinski definition) is 3. The zero-order valence-electron chi connectivity index (χ0n) is 5.77. The van der Waals surface area contributed by atoms with E-state index in [4.69, 9.17) is 5.73 Å². The van der Waals surface area contributed by atoms with Crippen LogP contribution in [0.3, 0.4) is 0 Å². The average molecular weight is 149 g/mol. The summed E-state index contributed by atoms with van der Waals surface area (Å²) in [5.41, 5.74) is 5.19. The van der Waals surface area contributed by atoms with E-state index in [2.05, 4.69) is 9.98 Å². The van der Waals surface area contributed by atoms with E-state index in [1.165, 1.54) is 18.5 Å². The van der Waals surface area contributed by atoms with Crippen molar-refractivity contribution in [3.63, 3.8) is 0 Å². The molecular formula is C7H7N3O. The summed E-state index contributed by atoms with van der Waals surface area (Å²) < 4.78 is 0. The van der Waals surface area contributed by atoms with Crippen LogP contribution in [0, 0.1) is 0 Å². The van der Waals surface area contributed by atoms with E-state index >= 15 is 0 Å². The standard InChI is InChI=1S/C7H7N3O/c8-7(11)6-2-5-9-3-1-4-10-6/h1-5H,(H2,8,11)/b3-1-,4-1?,5-2?,6-2-,9-3?,9-5-,10-4-,10-6?. The van der Waals surface area contributed by atoms with E-state index in [0.29, 0.717) is 0 Å². The maximum Gasteiger partial charge on any atom is 0.267 e. The number of amides is 1. The normalized spacial score (nSPS) is 28.9. The lowest BCUT2D eigenvalue weighted by atomic mass is 10.4. The fraction of sp³-hybridized carbons (Fsp3) is 0. The van der Waals surface area contributed by atoms with Crippen LogP contribution in [0.15, 0.2) is 34.0 Å². The Kier molecular flexibility index (Phi) is 2.32. The molecule has 0 radical (unpaired) electrons. The molecule has 0 fully saturated rings. The lowest BCUT2D eigenvalue weighted by Gasteiger charge is -1.92. The summed E-state index contributed by atoms with van der Waals surface area (Å²) in [5.74, 6) is -0.553. The van der Waals surface area contributed by atoms with Crippen molar-refractivity contribution >= 4 is 18.3 Å². The van der Waals surface area contributed by atoms with Gasteiger partial charge in [0.05, 0.1) is 0 Å². The Hall–Kier alpha value is -1.71. The van der Waals surface area contributed by atoms with Crippen LogP contribution in [0.5, 0.6) is 0 Å². The molecule has 56 valence electrons. The number of hydrogen-bond donors (Lipinski definition) is 1. The number of primary amides is 1. The summed E-state index contributed by atoms with van der Waals surface area (Å²) in [6.07, 6.45) is 7.58. The second-order valence-electron chi connectivity index (χ2n) is 1.83. The van der Waals surface area contributed by atoms with Gasteiger partial charge in [-0.2, -0.15) is 0 Å². The molecule has 4 heteroatoms. The van der Waals surface area contributed by atoms with Crippen LogP contribution in [0.1, 0.15) is 0 Å². The van der Waals surface area contributed by atoms with Crippen LogP contribution in [-0.2, 0) is 4.79 Å². The molecule has 0 saturated heterocycles. The highest BCUT2D eigenvalue weighted by molar-refractivity contribution is 5.98. The van der Waals surface area contributed by atoms with Crippen molar-refractivity contribution in [2.75, 3.05) is 0 Å². The first-order valence-electron chi connectivity index (χ1n) is 3.03. The van der Waals surface area contributed by atoms with Crippen LogP contribution in [0.25, 0.3) is 0 Å². The van der Waals surface area contributed by atoms with E-state index < -0.39 is 5.91 Å². The number of nitrogens with two attached hydrogens (primary N) is 1. The maximum absolute atomic E-state index is 10.6. The first-order chi connectivity index (χ1) is 5.30. The Morgan fingerprint density at radius 1 is 1.45 bits per heavy atom. The summed E-state index contributed by atoms with van der Waals surface area (Å²) >= 11 is 0. The largest absolute Gasteiger partial charge is 0.364 e. The first kappa shape index (κ1) is 7.40. The summed E-state index contributed by atoms with van der Waals surface area (Å²) in [7, 11) is 0. The van der Waals surface area contributed by atoms with Gasteiger partial charge in [-0.1, -0.05) is 0 Å². The van der Waals surface area contributed by atoms with Crippen LogP contribution in [0.4, 0.5) is 0 Å². The second-order valence-corrected chi connectivity index (χ2v) is 1.83. The van der Waals surface area contributed by atoms with E-state index in [1.807, 2.05) is 0 Å². The quantitative estimate of drug-likeness (QED) is 0.561. The Balaban J connectivity index is 2.87. The highest BCUT2D eigenvalue weighted by Crippen LogP contribution is 1.94. The van der Waals surface area contributed by atoms with Gasteiger partial charge in [0.1, 0.15) is 5.70 Å². The van der Waals surface area contributed by atoms with Crippen molar-refractivity contribution in [3.05, 3.63) is 24.0 Å². The minimum Gasteiger partial charge on any atom is -0.364 e. The van der Waals surface area contributed by atoms with E-state index in [0.717, 1.165) is 0 Å². The maximum atomic E-state index is 10.6. The van der Waals surface area contributed by atoms with Crippen LogP contribution >= 0.6 is 0 Å². The Labute approximate surface area is 63.8 Å². The van der Waals surface area contributed by atoms with Gasteiger partial charge in [0.15, 0.2) is 0 Å². The van der Waals surface area contributed by atoms with Crippen LogP contribution in [-0.4, -0.2) is 18.3 Å². The monoisotopic (exact) mass is 149 g/mol. The lowest BCUT2D eigenvalue weighted by molar-refractivity contribution is -0.114. The molecule has 1 aliphatic heterocycles. The fourth-order valence-electron chi connectivity index (χ4n) is 0.564. The predicted molar refractivity (Wildman–Crippen MR) is 43.4 cm³/mol. The molecule has 2 N–H and O–H groups in total. The molecule has 1 amide bonds. The summed E-state index contributed by atoms with van der Waals surface area (Å²) in [5, 5.41) is 0. The number of carbonyl (C=O) groups excluding carboxylic acids is 1. The molecule has 0 aromatic heterocycles. The van der Waals surface area contributed by atoms with E-state index in [9.17, 15) is 4.79 Å². The molecule has 0 aromatic rings. The third-order valence-corrected chi connectivity index (χ3v) is 1.04. The van der Waals surface area contributed by atoms with Gasteiger partial charge in [0.2, 0.25) is 0 Å². The van der Waals surface area contributed by atoms with E-state index in [1.54, 1.807) is 12.3 Å². The van der Waals surface area contributed by atoms with Crippen LogP contribution < -0.4 is 5.73 Å². The minimum absolute atomic E-state index is 0.207. The molecule has 1 heterocycles. The third-order valence-electron chi connectivity index (χ3n) is 1.04. The molecule has 0 saturated carbocycles. The first-order valence-corrected chi connectivity index (χ1v) is 3.03. The van der Waals surface area contributed by atoms with Crippen molar-refractivity contribution < 1.29 is 4.79 Å². The Morgan fingerprint density at radius 2 is 2.27 bits per heavy atom. The zero-order valence-corrected chi connectivity index (χ0v) is 5.77. The fourth-order valence-corrected chi connectivity index (χ4v) is 0.564. The zero-order chi connectivity index (χ0) is 8.10. The molecule has 1 aliphatic rings. The van der Waals surface area contributed by atoms with Gasteiger partial charge in [-0.3, -0.25) is 14.8 Å². The van der Waals surface area contributed by atoms with Gasteiger partial charge >= 0.3 is 0 Å². The molecular weight excluding hydrogens is 142 g/mol. The van der Waals surface area contributed by atoms with Gasteiger partial charge in [0.25, 0.3) is 5.91 Å². The topological polar surface area (TPSA) is 67.8 Å². The summed E-state index contributed by atoms with van der Waals surface area (Å²) in [6, 6.07) is 0. The van der Waals surface area contributed by atoms with E-state index in [-0.39, 0.29) is 5.70 Å². The van der Waals surface area contributed by atoms with Crippen molar-refractivity contribution in [3.8, 4) is 0 Å². The molecule has 1 rings (SSSR count). The number of nitrogens with zero attached hydrogens (tertiary/aromatic N) is 2. The molecule has 0 aliphatic carbocycles. The molecule has 11 heavy (non-hydrogen) atoms. The third kappa shape index (κ3) is 2.17. The van der Waals surface area contributed by atoms with Gasteiger partial charge in [-0.25, -0.2) is 0 Å². The van der Waals surface area contributed by atoms with Crippen molar-refractivity contribution in [1.29, 1.82) is 0 Å². The smallest absolute Gasteiger partial charge is 0.267 e. The SMILES string of the molecule is NC(=O)C1=C/C=N\C=C/C=N\1. The molecule has 0 atom stereocenters. The Bertz CT molecular complexity index is 273. The molecule has 0 spiro atoms. The highest BCUT2D eigenvalue weighted by atomic mass is 16.1.